The number of hydrogen-bond acceptors (Lipinski definition) is 3. The van der Waals surface area contributed by atoms with Crippen LogP contribution in [0.2, 0.25) is 0 Å². The van der Waals surface area contributed by atoms with E-state index in [-0.39, 0.29) is 0 Å². The molecule has 1 aromatic rings. The summed E-state index contributed by atoms with van der Waals surface area (Å²) in [6.07, 6.45) is -0.0953. The largest absolute Gasteiger partial charge is 0.307 e. The maximum atomic E-state index is 9.93. The third kappa shape index (κ3) is 2.47. The van der Waals surface area contributed by atoms with Crippen molar-refractivity contribution in [2.45, 2.75) is 12.6 Å². The van der Waals surface area contributed by atoms with E-state index >= 15 is 0 Å². The normalized spacial score (nSPS) is 12.5. The lowest BCUT2D eigenvalue weighted by atomic mass is 10.1. The summed E-state index contributed by atoms with van der Waals surface area (Å²) in [6.45, 7) is 0. The van der Waals surface area contributed by atoms with Crippen molar-refractivity contribution in [1.29, 1.82) is 0 Å². The Balaban J connectivity index is 2.57. The van der Waals surface area contributed by atoms with Crippen LogP contribution in [-0.2, 0) is 6.42 Å². The zero-order chi connectivity index (χ0) is 8.10. The van der Waals surface area contributed by atoms with Crippen LogP contribution >= 0.6 is 0 Å². The second kappa shape index (κ2) is 3.83. The van der Waals surface area contributed by atoms with Gasteiger partial charge in [-0.25, -0.2) is 0 Å². The smallest absolute Gasteiger partial charge is 0.143 e. The molecular weight excluding hydrogens is 140 g/mol. The van der Waals surface area contributed by atoms with Crippen LogP contribution in [0.25, 0.3) is 0 Å². The number of benzene rings is 1. The van der Waals surface area contributed by atoms with Crippen molar-refractivity contribution in [2.75, 3.05) is 0 Å². The Hall–Kier alpha value is -1.22. The van der Waals surface area contributed by atoms with Gasteiger partial charge in [-0.1, -0.05) is 35.5 Å². The van der Waals surface area contributed by atoms with Crippen molar-refractivity contribution in [3.8, 4) is 0 Å². The molecule has 11 heavy (non-hydrogen) atoms. The fourth-order valence-corrected chi connectivity index (χ4v) is 0.893. The summed E-state index contributed by atoms with van der Waals surface area (Å²) in [4.78, 5) is 9.93. The molecule has 0 aliphatic carbocycles. The van der Waals surface area contributed by atoms with E-state index < -0.39 is 6.17 Å². The van der Waals surface area contributed by atoms with E-state index in [4.69, 9.17) is 5.73 Å². The molecule has 0 heterocycles. The molecule has 1 unspecified atom stereocenters. The van der Waals surface area contributed by atoms with Gasteiger partial charge in [0.25, 0.3) is 0 Å². The highest BCUT2D eigenvalue weighted by molar-refractivity contribution is 5.15. The Morgan fingerprint density at radius 3 is 2.55 bits per heavy atom. The molecule has 3 nitrogen and oxygen atoms in total. The van der Waals surface area contributed by atoms with E-state index in [0.29, 0.717) is 6.42 Å². The van der Waals surface area contributed by atoms with Crippen LogP contribution in [0.4, 0.5) is 0 Å². The van der Waals surface area contributed by atoms with E-state index in [1.807, 2.05) is 30.3 Å². The third-order valence-corrected chi connectivity index (χ3v) is 1.42. The Labute approximate surface area is 65.2 Å². The summed E-state index contributed by atoms with van der Waals surface area (Å²) in [5.41, 5.74) is 6.37. The lowest BCUT2D eigenvalue weighted by molar-refractivity contribution is 0.700. The molecule has 3 heteroatoms. The average Bonchev–Trinajstić information content (AvgIpc) is 2.06. The van der Waals surface area contributed by atoms with Gasteiger partial charge in [-0.3, -0.25) is 0 Å². The number of rotatable bonds is 3. The highest BCUT2D eigenvalue weighted by Crippen LogP contribution is 2.01. The summed E-state index contributed by atoms with van der Waals surface area (Å²) in [7, 11) is 0. The van der Waals surface area contributed by atoms with Gasteiger partial charge in [0.2, 0.25) is 0 Å². The van der Waals surface area contributed by atoms with E-state index in [1.54, 1.807) is 0 Å². The first-order valence-corrected chi connectivity index (χ1v) is 3.45. The minimum Gasteiger partial charge on any atom is -0.307 e. The van der Waals surface area contributed by atoms with Gasteiger partial charge in [-0.15, -0.1) is 4.91 Å². The summed E-state index contributed by atoms with van der Waals surface area (Å²) in [5.74, 6) is 0. The second-order valence-electron chi connectivity index (χ2n) is 2.36. The molecule has 0 spiro atoms. The van der Waals surface area contributed by atoms with Gasteiger partial charge in [0.15, 0.2) is 0 Å². The van der Waals surface area contributed by atoms with Crippen molar-refractivity contribution >= 4 is 0 Å². The minimum atomic E-state index is -0.614. The fraction of sp³-hybridized carbons (Fsp3) is 0.250. The molecule has 0 aliphatic heterocycles. The van der Waals surface area contributed by atoms with Gasteiger partial charge in [-0.2, -0.15) is 0 Å². The lowest BCUT2D eigenvalue weighted by Gasteiger charge is -2.00. The van der Waals surface area contributed by atoms with Gasteiger partial charge in [-0.05, 0) is 5.56 Å². The van der Waals surface area contributed by atoms with Gasteiger partial charge < -0.3 is 5.73 Å². The van der Waals surface area contributed by atoms with Crippen molar-refractivity contribution in [1.82, 2.24) is 0 Å². The van der Waals surface area contributed by atoms with Crippen LogP contribution < -0.4 is 5.73 Å². The van der Waals surface area contributed by atoms with Crippen LogP contribution in [0.15, 0.2) is 35.5 Å². The molecule has 0 aromatic heterocycles. The molecule has 1 atom stereocenters. The number of hydrogen-bond donors (Lipinski definition) is 1. The van der Waals surface area contributed by atoms with Gasteiger partial charge in [0, 0.05) is 6.42 Å². The van der Waals surface area contributed by atoms with E-state index in [1.165, 1.54) is 0 Å². The molecule has 1 aromatic carbocycles. The van der Waals surface area contributed by atoms with Crippen LogP contribution in [-0.4, -0.2) is 6.17 Å². The quantitative estimate of drug-likeness (QED) is 0.660. The third-order valence-electron chi connectivity index (χ3n) is 1.42. The molecule has 0 radical (unpaired) electrons. The molecule has 0 bridgehead atoms. The first-order chi connectivity index (χ1) is 5.33. The van der Waals surface area contributed by atoms with Crippen molar-refractivity contribution in [3.63, 3.8) is 0 Å². The van der Waals surface area contributed by atoms with Crippen LogP contribution in [0.1, 0.15) is 5.56 Å². The van der Waals surface area contributed by atoms with Gasteiger partial charge >= 0.3 is 0 Å². The Kier molecular flexibility index (Phi) is 2.74. The second-order valence-corrected chi connectivity index (χ2v) is 2.36. The molecule has 0 saturated carbocycles. The molecule has 1 rings (SSSR count). The first-order valence-electron chi connectivity index (χ1n) is 3.45. The van der Waals surface area contributed by atoms with E-state index in [9.17, 15) is 4.91 Å². The highest BCUT2D eigenvalue weighted by atomic mass is 16.3. The maximum absolute atomic E-state index is 9.93. The van der Waals surface area contributed by atoms with Crippen LogP contribution in [0, 0.1) is 4.91 Å². The minimum absolute atomic E-state index is 0.518. The first kappa shape index (κ1) is 7.88. The predicted octanol–water partition coefficient (Wildman–Crippen LogP) is 1.28. The Morgan fingerprint density at radius 1 is 1.36 bits per heavy atom. The fourth-order valence-electron chi connectivity index (χ4n) is 0.893. The highest BCUT2D eigenvalue weighted by Gasteiger charge is 2.00. The molecule has 58 valence electrons. The zero-order valence-corrected chi connectivity index (χ0v) is 6.10. The van der Waals surface area contributed by atoms with Crippen molar-refractivity contribution < 1.29 is 0 Å². The molecule has 0 fully saturated rings. The van der Waals surface area contributed by atoms with E-state index in [0.717, 1.165) is 5.56 Å². The lowest BCUT2D eigenvalue weighted by Crippen LogP contribution is -2.18. The molecule has 0 saturated heterocycles. The standard InChI is InChI=1S/C8H10N2O/c9-8(10-11)6-7-4-2-1-3-5-7/h1-5,8H,6,9H2. The monoisotopic (exact) mass is 150 g/mol. The summed E-state index contributed by atoms with van der Waals surface area (Å²) in [6, 6.07) is 9.58. The maximum Gasteiger partial charge on any atom is 0.143 e. The number of nitrogens with two attached hydrogens (primary N) is 1. The van der Waals surface area contributed by atoms with Crippen molar-refractivity contribution in [2.24, 2.45) is 10.9 Å². The Morgan fingerprint density at radius 2 is 2.00 bits per heavy atom. The van der Waals surface area contributed by atoms with Gasteiger partial charge in [0.1, 0.15) is 6.17 Å². The summed E-state index contributed by atoms with van der Waals surface area (Å²) >= 11 is 0. The van der Waals surface area contributed by atoms with Gasteiger partial charge in [0.05, 0.1) is 0 Å². The van der Waals surface area contributed by atoms with Crippen molar-refractivity contribution in [3.05, 3.63) is 40.8 Å². The zero-order valence-electron chi connectivity index (χ0n) is 6.10. The van der Waals surface area contributed by atoms with Crippen LogP contribution in [0.5, 0.6) is 0 Å². The van der Waals surface area contributed by atoms with E-state index in [2.05, 4.69) is 5.18 Å². The molecule has 0 amide bonds. The summed E-state index contributed by atoms with van der Waals surface area (Å²) < 4.78 is 0. The SMILES string of the molecule is NC(Cc1ccccc1)N=O. The Bertz CT molecular complexity index is 223. The molecule has 0 aliphatic rings. The number of nitroso groups, excluding NO2 is 1. The predicted molar refractivity (Wildman–Crippen MR) is 43.9 cm³/mol. The topological polar surface area (TPSA) is 55.4 Å². The average molecular weight is 150 g/mol. The number of nitrogens with zero attached hydrogens (tertiary/aromatic N) is 1. The van der Waals surface area contributed by atoms with Crippen LogP contribution in [0.3, 0.4) is 0 Å². The molecule has 2 N–H and O–H groups in total. The summed E-state index contributed by atoms with van der Waals surface area (Å²) in [5, 5.41) is 2.71. The molecular formula is C8H10N2O.